The van der Waals surface area contributed by atoms with E-state index in [1.54, 1.807) is 13.0 Å². The van der Waals surface area contributed by atoms with E-state index in [1.807, 2.05) is 55.5 Å². The highest BCUT2D eigenvalue weighted by Crippen LogP contribution is 2.40. The highest BCUT2D eigenvalue weighted by Gasteiger charge is 2.27. The van der Waals surface area contributed by atoms with Crippen LogP contribution >= 0.6 is 11.3 Å². The first-order valence-corrected chi connectivity index (χ1v) is 12.6. The molecule has 1 aliphatic rings. The van der Waals surface area contributed by atoms with Crippen LogP contribution in [0.15, 0.2) is 64.0 Å². The molecule has 0 fully saturated rings. The minimum atomic E-state index is -0.378. The Morgan fingerprint density at radius 2 is 1.86 bits per heavy atom. The lowest BCUT2D eigenvalue weighted by Gasteiger charge is -2.11. The molecule has 0 radical (unpaired) electrons. The third-order valence-electron chi connectivity index (χ3n) is 6.05. The lowest BCUT2D eigenvalue weighted by Crippen LogP contribution is -2.21. The fourth-order valence-electron chi connectivity index (χ4n) is 4.29. The molecule has 2 aromatic carbocycles. The molecule has 0 unspecified atom stereocenters. The van der Waals surface area contributed by atoms with Crippen molar-refractivity contribution in [1.29, 1.82) is 0 Å². The maximum atomic E-state index is 13.4. The molecule has 2 aromatic heterocycles. The molecule has 0 bridgehead atoms. The second-order valence-electron chi connectivity index (χ2n) is 8.55. The van der Waals surface area contributed by atoms with Crippen LogP contribution in [0.2, 0.25) is 0 Å². The summed E-state index contributed by atoms with van der Waals surface area (Å²) in [6.07, 6.45) is 3.85. The fourth-order valence-corrected chi connectivity index (χ4v) is 5.53. The number of rotatable bonds is 5. The van der Waals surface area contributed by atoms with Gasteiger partial charge in [0.1, 0.15) is 16.1 Å². The smallest absolute Gasteiger partial charge is 0.341 e. The number of benzene rings is 2. The van der Waals surface area contributed by atoms with Gasteiger partial charge in [-0.25, -0.2) is 9.79 Å². The van der Waals surface area contributed by atoms with E-state index in [1.165, 1.54) is 11.3 Å². The fraction of sp³-hybridized carbons (Fsp3) is 0.250. The lowest BCUT2D eigenvalue weighted by atomic mass is 9.95. The number of esters is 1. The van der Waals surface area contributed by atoms with Gasteiger partial charge in [-0.15, -0.1) is 11.3 Å². The van der Waals surface area contributed by atoms with Crippen LogP contribution in [-0.4, -0.2) is 18.5 Å². The number of thiophene rings is 1. The summed E-state index contributed by atoms with van der Waals surface area (Å²) in [5.41, 5.74) is 4.37. The first-order valence-electron chi connectivity index (χ1n) is 11.8. The van der Waals surface area contributed by atoms with E-state index < -0.39 is 0 Å². The van der Waals surface area contributed by atoms with Crippen molar-refractivity contribution >= 4 is 44.9 Å². The number of anilines is 1. The summed E-state index contributed by atoms with van der Waals surface area (Å²) >= 11 is 1.48. The van der Waals surface area contributed by atoms with Gasteiger partial charge in [0.05, 0.1) is 12.2 Å². The predicted molar refractivity (Wildman–Crippen MR) is 137 cm³/mol. The van der Waals surface area contributed by atoms with Crippen LogP contribution in [0.3, 0.4) is 0 Å². The molecule has 0 spiro atoms. The van der Waals surface area contributed by atoms with Crippen molar-refractivity contribution in [2.45, 2.75) is 39.5 Å². The van der Waals surface area contributed by atoms with Crippen LogP contribution < -0.4 is 10.9 Å². The summed E-state index contributed by atoms with van der Waals surface area (Å²) in [7, 11) is 0. The number of nitrogens with one attached hydrogen (secondary N) is 1. The number of fused-ring (bicyclic) bond motifs is 2. The normalized spacial score (nSPS) is 13.5. The minimum Gasteiger partial charge on any atom is -0.462 e. The molecule has 1 amide bonds. The van der Waals surface area contributed by atoms with Crippen molar-refractivity contribution in [3.8, 4) is 0 Å². The Balaban J connectivity index is 1.66. The van der Waals surface area contributed by atoms with Gasteiger partial charge in [0.15, 0.2) is 0 Å². The van der Waals surface area contributed by atoms with E-state index in [-0.39, 0.29) is 24.0 Å². The number of carbonyl (C=O) groups is 2. The van der Waals surface area contributed by atoms with Crippen molar-refractivity contribution in [1.82, 2.24) is 0 Å². The highest BCUT2D eigenvalue weighted by molar-refractivity contribution is 7.16. The highest BCUT2D eigenvalue weighted by atomic mass is 32.1. The molecule has 0 saturated carbocycles. The molecule has 7 heteroatoms. The number of hydrogen-bond acceptors (Lipinski definition) is 6. The quantitative estimate of drug-likeness (QED) is 0.334. The van der Waals surface area contributed by atoms with Crippen LogP contribution in [0.5, 0.6) is 0 Å². The molecule has 1 aliphatic carbocycles. The molecular weight excluding hydrogens is 460 g/mol. The third kappa shape index (κ3) is 4.77. The Hall–Kier alpha value is -3.71. The largest absolute Gasteiger partial charge is 0.462 e. The molecular formula is C28H26N2O4S. The van der Waals surface area contributed by atoms with Crippen LogP contribution in [0.1, 0.15) is 56.5 Å². The van der Waals surface area contributed by atoms with Crippen molar-refractivity contribution in [3.05, 3.63) is 87.3 Å². The van der Waals surface area contributed by atoms with Gasteiger partial charge in [0, 0.05) is 16.0 Å². The molecule has 0 atom stereocenters. The first kappa shape index (κ1) is 23.1. The average Bonchev–Trinajstić information content (AvgIpc) is 3.23. The van der Waals surface area contributed by atoms with Crippen molar-refractivity contribution in [2.24, 2.45) is 4.99 Å². The van der Waals surface area contributed by atoms with E-state index >= 15 is 0 Å². The second kappa shape index (κ2) is 9.88. The summed E-state index contributed by atoms with van der Waals surface area (Å²) < 4.78 is 11.5. The Labute approximate surface area is 207 Å². The third-order valence-corrected chi connectivity index (χ3v) is 7.23. The number of ether oxygens (including phenoxy) is 1. The average molecular weight is 487 g/mol. The van der Waals surface area contributed by atoms with Crippen LogP contribution in [0.4, 0.5) is 10.7 Å². The second-order valence-corrected chi connectivity index (χ2v) is 9.63. The number of para-hydroxylation sites is 1. The maximum Gasteiger partial charge on any atom is 0.341 e. The molecule has 4 aromatic rings. The van der Waals surface area contributed by atoms with E-state index in [4.69, 9.17) is 14.1 Å². The zero-order chi connectivity index (χ0) is 24.4. The molecule has 0 saturated heterocycles. The molecule has 35 heavy (non-hydrogen) atoms. The molecule has 6 nitrogen and oxygen atoms in total. The number of carbonyl (C=O) groups excluding carboxylic acids is 2. The van der Waals surface area contributed by atoms with Gasteiger partial charge < -0.3 is 14.5 Å². The van der Waals surface area contributed by atoms with E-state index in [2.05, 4.69) is 5.32 Å². The first-order chi connectivity index (χ1) is 17.0. The Morgan fingerprint density at radius 1 is 1.09 bits per heavy atom. The SMILES string of the molecule is CCOC(=O)c1c(/N=c2\oc3ccccc3cc2C(=O)Nc2ccc(C)cc2)sc2c1CCCC2. The maximum absolute atomic E-state index is 13.4. The van der Waals surface area contributed by atoms with Crippen molar-refractivity contribution in [3.63, 3.8) is 0 Å². The Kier molecular flexibility index (Phi) is 6.51. The van der Waals surface area contributed by atoms with Gasteiger partial charge in [-0.05, 0) is 69.4 Å². The standard InChI is InChI=1S/C28H26N2O4S/c1-3-33-28(32)24-20-9-5-7-11-23(20)35-27(24)30-26-21(16-18-8-4-6-10-22(18)34-26)25(31)29-19-14-12-17(2)13-15-19/h4,6,8,10,12-16H,3,5,7,9,11H2,1-2H3,(H,29,31)/b30-26-. The summed E-state index contributed by atoms with van der Waals surface area (Å²) in [5, 5.41) is 4.25. The summed E-state index contributed by atoms with van der Waals surface area (Å²) in [6.45, 7) is 4.07. The molecule has 0 aliphatic heterocycles. The summed E-state index contributed by atoms with van der Waals surface area (Å²) in [6, 6.07) is 16.8. The van der Waals surface area contributed by atoms with Crippen LogP contribution in [0.25, 0.3) is 11.0 Å². The number of amides is 1. The Morgan fingerprint density at radius 3 is 2.66 bits per heavy atom. The molecule has 1 N–H and O–H groups in total. The van der Waals surface area contributed by atoms with Gasteiger partial charge in [-0.1, -0.05) is 35.9 Å². The zero-order valence-corrected chi connectivity index (χ0v) is 20.5. The van der Waals surface area contributed by atoms with Gasteiger partial charge in [-0.2, -0.15) is 0 Å². The topological polar surface area (TPSA) is 80.9 Å². The Bertz CT molecular complexity index is 1480. The monoisotopic (exact) mass is 486 g/mol. The molecule has 178 valence electrons. The van der Waals surface area contributed by atoms with Gasteiger partial charge in [-0.3, -0.25) is 4.79 Å². The summed E-state index contributed by atoms with van der Waals surface area (Å²) in [4.78, 5) is 32.2. The van der Waals surface area contributed by atoms with E-state index in [0.29, 0.717) is 27.4 Å². The minimum absolute atomic E-state index is 0.164. The van der Waals surface area contributed by atoms with Crippen LogP contribution in [0, 0.1) is 6.92 Å². The molecule has 2 heterocycles. The van der Waals surface area contributed by atoms with Crippen molar-refractivity contribution in [2.75, 3.05) is 11.9 Å². The predicted octanol–water partition coefficient (Wildman–Crippen LogP) is 6.34. The lowest BCUT2D eigenvalue weighted by molar-refractivity contribution is 0.0526. The van der Waals surface area contributed by atoms with Crippen LogP contribution in [-0.2, 0) is 17.6 Å². The summed E-state index contributed by atoms with van der Waals surface area (Å²) in [5.74, 6) is -0.710. The molecule has 5 rings (SSSR count). The number of hydrogen-bond donors (Lipinski definition) is 1. The number of aryl methyl sites for hydroxylation is 2. The van der Waals surface area contributed by atoms with E-state index in [0.717, 1.165) is 47.1 Å². The van der Waals surface area contributed by atoms with Gasteiger partial charge in [0.2, 0.25) is 5.55 Å². The number of nitrogens with zero attached hydrogens (tertiary/aromatic N) is 1. The van der Waals surface area contributed by atoms with Gasteiger partial charge >= 0.3 is 5.97 Å². The van der Waals surface area contributed by atoms with Gasteiger partial charge in [0.25, 0.3) is 5.91 Å². The van der Waals surface area contributed by atoms with E-state index in [9.17, 15) is 9.59 Å². The van der Waals surface area contributed by atoms with Crippen molar-refractivity contribution < 1.29 is 18.7 Å². The zero-order valence-electron chi connectivity index (χ0n) is 19.7.